The van der Waals surface area contributed by atoms with Crippen LogP contribution in [0.15, 0.2) is 46.9 Å². The predicted molar refractivity (Wildman–Crippen MR) is 79.6 cm³/mol. The van der Waals surface area contributed by atoms with E-state index >= 15 is 0 Å². The lowest BCUT2D eigenvalue weighted by atomic mass is 10.1. The normalized spacial score (nSPS) is 11.0. The molecule has 3 rings (SSSR count). The van der Waals surface area contributed by atoms with Crippen molar-refractivity contribution in [2.45, 2.75) is 20.1 Å². The first-order valence-corrected chi connectivity index (χ1v) is 6.77. The van der Waals surface area contributed by atoms with Crippen molar-refractivity contribution in [1.29, 1.82) is 0 Å². The van der Waals surface area contributed by atoms with Gasteiger partial charge in [-0.15, -0.1) is 0 Å². The van der Waals surface area contributed by atoms with E-state index in [2.05, 4.69) is 0 Å². The summed E-state index contributed by atoms with van der Waals surface area (Å²) in [5.74, 6) is 1.08. The summed E-state index contributed by atoms with van der Waals surface area (Å²) in [5, 5.41) is 1.01. The van der Waals surface area contributed by atoms with Gasteiger partial charge in [-0.1, -0.05) is 18.2 Å². The highest BCUT2D eigenvalue weighted by Gasteiger charge is 2.13. The molecule has 0 spiro atoms. The Balaban J connectivity index is 1.88. The second-order valence-electron chi connectivity index (χ2n) is 4.90. The van der Waals surface area contributed by atoms with Crippen molar-refractivity contribution in [3.63, 3.8) is 0 Å². The number of rotatable bonds is 4. The van der Waals surface area contributed by atoms with Gasteiger partial charge in [-0.2, -0.15) is 0 Å². The minimum Gasteiger partial charge on any atom is -0.485 e. The standard InChI is InChI=1S/C17H16FNO2/c1-11-8-12(18)6-7-15(11)20-10-17-14(9-19)13-4-2-3-5-16(13)21-17/h2-8H,9-10,19H2,1H3. The van der Waals surface area contributed by atoms with E-state index < -0.39 is 0 Å². The van der Waals surface area contributed by atoms with Crippen LogP contribution in [0, 0.1) is 12.7 Å². The molecule has 2 aromatic carbocycles. The third-order valence-electron chi connectivity index (χ3n) is 3.48. The van der Waals surface area contributed by atoms with Crippen molar-refractivity contribution >= 4 is 11.0 Å². The number of para-hydroxylation sites is 1. The number of nitrogens with two attached hydrogens (primary N) is 1. The van der Waals surface area contributed by atoms with E-state index in [0.29, 0.717) is 18.1 Å². The monoisotopic (exact) mass is 285 g/mol. The number of furan rings is 1. The highest BCUT2D eigenvalue weighted by atomic mass is 19.1. The molecule has 0 saturated heterocycles. The zero-order chi connectivity index (χ0) is 14.8. The first-order valence-electron chi connectivity index (χ1n) is 6.77. The summed E-state index contributed by atoms with van der Waals surface area (Å²) < 4.78 is 24.6. The average molecular weight is 285 g/mol. The maximum absolute atomic E-state index is 13.1. The van der Waals surface area contributed by atoms with Crippen molar-refractivity contribution in [3.05, 3.63) is 65.2 Å². The van der Waals surface area contributed by atoms with Crippen LogP contribution in [-0.2, 0) is 13.2 Å². The Morgan fingerprint density at radius 1 is 1.19 bits per heavy atom. The summed E-state index contributed by atoms with van der Waals surface area (Å²) in [6, 6.07) is 12.2. The van der Waals surface area contributed by atoms with Gasteiger partial charge in [0.25, 0.3) is 0 Å². The Morgan fingerprint density at radius 2 is 2.00 bits per heavy atom. The molecule has 21 heavy (non-hydrogen) atoms. The molecule has 0 amide bonds. The van der Waals surface area contributed by atoms with Crippen LogP contribution in [0.4, 0.5) is 4.39 Å². The van der Waals surface area contributed by atoms with Gasteiger partial charge in [-0.3, -0.25) is 0 Å². The molecule has 1 aromatic heterocycles. The van der Waals surface area contributed by atoms with E-state index in [1.165, 1.54) is 12.1 Å². The Kier molecular flexibility index (Phi) is 3.62. The van der Waals surface area contributed by atoms with Gasteiger partial charge in [0.1, 0.15) is 29.5 Å². The van der Waals surface area contributed by atoms with E-state index in [1.807, 2.05) is 24.3 Å². The Hall–Kier alpha value is -2.33. The summed E-state index contributed by atoms with van der Waals surface area (Å²) in [6.07, 6.45) is 0. The van der Waals surface area contributed by atoms with Crippen molar-refractivity contribution in [3.8, 4) is 5.75 Å². The van der Waals surface area contributed by atoms with Gasteiger partial charge in [-0.25, -0.2) is 4.39 Å². The van der Waals surface area contributed by atoms with Gasteiger partial charge in [0.05, 0.1) is 0 Å². The Bertz CT molecular complexity index is 780. The largest absolute Gasteiger partial charge is 0.485 e. The second kappa shape index (κ2) is 5.58. The predicted octanol–water partition coefficient (Wildman–Crippen LogP) is 3.92. The van der Waals surface area contributed by atoms with Crippen LogP contribution in [-0.4, -0.2) is 0 Å². The lowest BCUT2D eigenvalue weighted by Gasteiger charge is -2.08. The number of fused-ring (bicyclic) bond motifs is 1. The van der Waals surface area contributed by atoms with Crippen molar-refractivity contribution < 1.29 is 13.5 Å². The fourth-order valence-electron chi connectivity index (χ4n) is 2.41. The SMILES string of the molecule is Cc1cc(F)ccc1OCc1oc2ccccc2c1CN. The molecule has 3 nitrogen and oxygen atoms in total. The smallest absolute Gasteiger partial charge is 0.147 e. The van der Waals surface area contributed by atoms with Gasteiger partial charge in [0.15, 0.2) is 0 Å². The van der Waals surface area contributed by atoms with Crippen LogP contribution in [0.3, 0.4) is 0 Å². The molecule has 3 aromatic rings. The number of aryl methyl sites for hydroxylation is 1. The molecule has 0 aliphatic heterocycles. The maximum Gasteiger partial charge on any atom is 0.147 e. The first-order chi connectivity index (χ1) is 10.2. The minimum absolute atomic E-state index is 0.272. The minimum atomic E-state index is -0.272. The van der Waals surface area contributed by atoms with Gasteiger partial charge in [0.2, 0.25) is 0 Å². The van der Waals surface area contributed by atoms with Crippen LogP contribution in [0.2, 0.25) is 0 Å². The van der Waals surface area contributed by atoms with Crippen LogP contribution >= 0.6 is 0 Å². The summed E-state index contributed by atoms with van der Waals surface area (Å²) in [5.41, 5.74) is 8.31. The Morgan fingerprint density at radius 3 is 2.76 bits per heavy atom. The van der Waals surface area contributed by atoms with Crippen LogP contribution in [0.5, 0.6) is 5.75 Å². The molecule has 0 atom stereocenters. The van der Waals surface area contributed by atoms with Crippen LogP contribution in [0.1, 0.15) is 16.9 Å². The molecule has 4 heteroatoms. The molecule has 0 bridgehead atoms. The molecule has 2 N–H and O–H groups in total. The molecule has 0 fully saturated rings. The van der Waals surface area contributed by atoms with Gasteiger partial charge in [0, 0.05) is 17.5 Å². The van der Waals surface area contributed by atoms with Crippen molar-refractivity contribution in [1.82, 2.24) is 0 Å². The number of benzene rings is 2. The highest BCUT2D eigenvalue weighted by molar-refractivity contribution is 5.82. The van der Waals surface area contributed by atoms with E-state index in [4.69, 9.17) is 14.9 Å². The van der Waals surface area contributed by atoms with Crippen LogP contribution in [0.25, 0.3) is 11.0 Å². The molecule has 0 saturated carbocycles. The molecule has 0 radical (unpaired) electrons. The molecule has 108 valence electrons. The van der Waals surface area contributed by atoms with Crippen molar-refractivity contribution in [2.24, 2.45) is 5.73 Å². The third kappa shape index (κ3) is 2.62. The lowest BCUT2D eigenvalue weighted by Crippen LogP contribution is -2.03. The van der Waals surface area contributed by atoms with Crippen LogP contribution < -0.4 is 10.5 Å². The van der Waals surface area contributed by atoms with E-state index in [9.17, 15) is 4.39 Å². The first kappa shape index (κ1) is 13.6. The highest BCUT2D eigenvalue weighted by Crippen LogP contribution is 2.27. The van der Waals surface area contributed by atoms with E-state index in [-0.39, 0.29) is 12.4 Å². The molecular weight excluding hydrogens is 269 g/mol. The fourth-order valence-corrected chi connectivity index (χ4v) is 2.41. The zero-order valence-corrected chi connectivity index (χ0v) is 11.7. The topological polar surface area (TPSA) is 48.4 Å². The molecule has 0 aliphatic carbocycles. The van der Waals surface area contributed by atoms with E-state index in [1.54, 1.807) is 13.0 Å². The summed E-state index contributed by atoms with van der Waals surface area (Å²) in [4.78, 5) is 0. The molecule has 0 aliphatic rings. The van der Waals surface area contributed by atoms with Gasteiger partial charge >= 0.3 is 0 Å². The number of hydrogen-bond donors (Lipinski definition) is 1. The summed E-state index contributed by atoms with van der Waals surface area (Å²) in [7, 11) is 0. The third-order valence-corrected chi connectivity index (χ3v) is 3.48. The number of hydrogen-bond acceptors (Lipinski definition) is 3. The number of halogens is 1. The molecular formula is C17H16FNO2. The van der Waals surface area contributed by atoms with Gasteiger partial charge in [-0.05, 0) is 36.8 Å². The molecule has 0 unspecified atom stereocenters. The summed E-state index contributed by atoms with van der Waals surface area (Å²) >= 11 is 0. The summed E-state index contributed by atoms with van der Waals surface area (Å²) in [6.45, 7) is 2.46. The second-order valence-corrected chi connectivity index (χ2v) is 4.90. The van der Waals surface area contributed by atoms with Crippen molar-refractivity contribution in [2.75, 3.05) is 0 Å². The zero-order valence-electron chi connectivity index (χ0n) is 11.7. The molecule has 1 heterocycles. The Labute approximate surface area is 122 Å². The maximum atomic E-state index is 13.1. The quantitative estimate of drug-likeness (QED) is 0.790. The average Bonchev–Trinajstić information content (AvgIpc) is 2.83. The number of ether oxygens (including phenoxy) is 1. The lowest BCUT2D eigenvalue weighted by molar-refractivity contribution is 0.270. The van der Waals surface area contributed by atoms with E-state index in [0.717, 1.165) is 22.1 Å². The fraction of sp³-hybridized carbons (Fsp3) is 0.176. The van der Waals surface area contributed by atoms with Gasteiger partial charge < -0.3 is 14.9 Å².